The third kappa shape index (κ3) is 3.73. The minimum atomic E-state index is -0.545. The van der Waals surface area contributed by atoms with Crippen LogP contribution in [0.2, 0.25) is 5.02 Å². The van der Waals surface area contributed by atoms with E-state index in [4.69, 9.17) is 16.3 Å². The second-order valence-electron chi connectivity index (χ2n) is 9.11. The normalized spacial score (nSPS) is 26.7. The van der Waals surface area contributed by atoms with E-state index < -0.39 is 5.82 Å². The molecule has 0 radical (unpaired) electrons. The zero-order valence-electron chi connectivity index (χ0n) is 16.8. The van der Waals surface area contributed by atoms with Gasteiger partial charge in [-0.1, -0.05) is 11.6 Å². The highest BCUT2D eigenvalue weighted by atomic mass is 35.5. The maximum absolute atomic E-state index is 13.5. The molecule has 1 N–H and O–H groups in total. The van der Waals surface area contributed by atoms with Gasteiger partial charge in [-0.25, -0.2) is 9.37 Å². The summed E-state index contributed by atoms with van der Waals surface area (Å²) in [5.41, 5.74) is 1.40. The van der Waals surface area contributed by atoms with Crippen molar-refractivity contribution in [3.63, 3.8) is 0 Å². The summed E-state index contributed by atoms with van der Waals surface area (Å²) in [5.74, 6) is 0.751. The topological polar surface area (TPSA) is 54.5 Å². The molecular formula is C23H25ClFN3O2. The van der Waals surface area contributed by atoms with Crippen molar-refractivity contribution in [2.75, 3.05) is 29.9 Å². The van der Waals surface area contributed by atoms with Gasteiger partial charge in [-0.15, -0.1) is 0 Å². The first-order chi connectivity index (χ1) is 14.4. The molecule has 2 bridgehead atoms. The van der Waals surface area contributed by atoms with Crippen molar-refractivity contribution in [3.8, 4) is 5.75 Å². The molecule has 0 spiro atoms. The number of rotatable bonds is 8. The summed E-state index contributed by atoms with van der Waals surface area (Å²) in [6, 6.07) is 8.43. The molecule has 158 valence electrons. The lowest BCUT2D eigenvalue weighted by Crippen LogP contribution is -2.71. The second kappa shape index (κ2) is 7.41. The predicted molar refractivity (Wildman–Crippen MR) is 115 cm³/mol. The molecular weight excluding hydrogens is 405 g/mol. The Bertz CT molecular complexity index is 957. The first-order valence-electron chi connectivity index (χ1n) is 10.5. The van der Waals surface area contributed by atoms with Crippen LogP contribution in [0.5, 0.6) is 5.75 Å². The molecule has 2 heterocycles. The van der Waals surface area contributed by atoms with E-state index in [2.05, 4.69) is 27.3 Å². The first kappa shape index (κ1) is 19.6. The van der Waals surface area contributed by atoms with Gasteiger partial charge in [0.25, 0.3) is 0 Å². The van der Waals surface area contributed by atoms with Crippen LogP contribution in [0.15, 0.2) is 36.5 Å². The highest BCUT2D eigenvalue weighted by Gasteiger charge is 2.68. The number of Topliss-reactive ketones (excluding diaryl/α,β-unsaturated/α-hetero) is 1. The lowest BCUT2D eigenvalue weighted by atomic mass is 9.38. The fourth-order valence-corrected chi connectivity index (χ4v) is 5.57. The average molecular weight is 430 g/mol. The van der Waals surface area contributed by atoms with Gasteiger partial charge < -0.3 is 15.0 Å². The Hall–Kier alpha value is -2.34. The van der Waals surface area contributed by atoms with E-state index in [1.54, 1.807) is 6.07 Å². The van der Waals surface area contributed by atoms with Gasteiger partial charge in [-0.2, -0.15) is 0 Å². The first-order valence-corrected chi connectivity index (χ1v) is 10.9. The number of ether oxygens (including phenoxy) is 1. The Balaban J connectivity index is 1.11. The number of ketones is 1. The molecule has 0 amide bonds. The van der Waals surface area contributed by atoms with Crippen molar-refractivity contribution < 1.29 is 13.9 Å². The summed E-state index contributed by atoms with van der Waals surface area (Å²) in [6.45, 7) is 2.19. The van der Waals surface area contributed by atoms with E-state index in [0.717, 1.165) is 38.2 Å². The molecule has 3 saturated carbocycles. The van der Waals surface area contributed by atoms with Crippen molar-refractivity contribution >= 4 is 28.9 Å². The van der Waals surface area contributed by atoms with Crippen LogP contribution in [-0.2, 0) is 4.79 Å². The summed E-state index contributed by atoms with van der Waals surface area (Å²) >= 11 is 5.66. The van der Waals surface area contributed by atoms with Gasteiger partial charge in [-0.3, -0.25) is 4.79 Å². The van der Waals surface area contributed by atoms with Crippen LogP contribution in [0.3, 0.4) is 0 Å². The monoisotopic (exact) mass is 429 g/mol. The van der Waals surface area contributed by atoms with Gasteiger partial charge in [0.1, 0.15) is 24.0 Å². The lowest BCUT2D eigenvalue weighted by molar-refractivity contribution is -0.147. The van der Waals surface area contributed by atoms with E-state index in [1.807, 2.05) is 6.20 Å². The molecule has 5 nitrogen and oxygen atoms in total. The fourth-order valence-electron chi connectivity index (χ4n) is 5.45. The molecule has 1 aliphatic heterocycles. The fraction of sp³-hybridized carbons (Fsp3) is 0.478. The number of nitrogens with zero attached hydrogens (tertiary/aromatic N) is 2. The molecule has 0 unspecified atom stereocenters. The van der Waals surface area contributed by atoms with Crippen molar-refractivity contribution in [1.82, 2.24) is 4.98 Å². The molecule has 2 aromatic rings. The number of nitrogens with one attached hydrogen (secondary N) is 1. The predicted octanol–water partition coefficient (Wildman–Crippen LogP) is 4.85. The van der Waals surface area contributed by atoms with Crippen LogP contribution >= 0.6 is 11.6 Å². The van der Waals surface area contributed by atoms with Crippen molar-refractivity contribution in [1.29, 1.82) is 0 Å². The number of hydrogen-bond acceptors (Lipinski definition) is 5. The second-order valence-corrected chi connectivity index (χ2v) is 9.52. The molecule has 1 saturated heterocycles. The van der Waals surface area contributed by atoms with E-state index in [9.17, 15) is 9.18 Å². The maximum atomic E-state index is 13.5. The molecule has 4 aliphatic rings. The Labute approximate surface area is 180 Å². The summed E-state index contributed by atoms with van der Waals surface area (Å²) < 4.78 is 18.9. The van der Waals surface area contributed by atoms with Gasteiger partial charge in [0, 0.05) is 49.1 Å². The number of anilines is 2. The van der Waals surface area contributed by atoms with Crippen LogP contribution in [0.4, 0.5) is 15.9 Å². The van der Waals surface area contributed by atoms with Crippen molar-refractivity contribution in [2.24, 2.45) is 5.41 Å². The average Bonchev–Trinajstić information content (AvgIpc) is 3.21. The number of halogens is 2. The molecule has 3 aliphatic carbocycles. The van der Waals surface area contributed by atoms with Gasteiger partial charge in [0.15, 0.2) is 5.78 Å². The minimum Gasteiger partial charge on any atom is -0.486 e. The Morgan fingerprint density at radius 1 is 1.20 bits per heavy atom. The Morgan fingerprint density at radius 2 is 1.97 bits per heavy atom. The van der Waals surface area contributed by atoms with E-state index in [-0.39, 0.29) is 28.4 Å². The summed E-state index contributed by atoms with van der Waals surface area (Å²) in [4.78, 5) is 19.3. The molecule has 30 heavy (non-hydrogen) atoms. The molecule has 0 atom stereocenters. The summed E-state index contributed by atoms with van der Waals surface area (Å²) in [6.07, 6.45) is 7.83. The van der Waals surface area contributed by atoms with E-state index >= 15 is 0 Å². The molecule has 1 aromatic carbocycles. The van der Waals surface area contributed by atoms with Crippen LogP contribution in [0.1, 0.15) is 38.5 Å². The van der Waals surface area contributed by atoms with Crippen molar-refractivity contribution in [3.05, 3.63) is 47.4 Å². The summed E-state index contributed by atoms with van der Waals surface area (Å²) in [5, 5.41) is 3.66. The maximum Gasteiger partial charge on any atom is 0.170 e. The van der Waals surface area contributed by atoms with Crippen LogP contribution in [-0.4, -0.2) is 36.0 Å². The quantitative estimate of drug-likeness (QED) is 0.650. The number of carbonyl (C=O) groups excluding carboxylic acids is 1. The molecule has 1 aromatic heterocycles. The SMILES string of the molecule is O=C(COc1ccc(Cl)c(F)c1)CC12CC(Nc3cc(N4CCCC4)ccn3)(C1)C2. The minimum absolute atomic E-state index is 0.0390. The molecule has 4 fully saturated rings. The van der Waals surface area contributed by atoms with Gasteiger partial charge in [0.2, 0.25) is 0 Å². The van der Waals surface area contributed by atoms with Crippen LogP contribution in [0.25, 0.3) is 0 Å². The number of hydrogen-bond donors (Lipinski definition) is 1. The number of aromatic nitrogens is 1. The summed E-state index contributed by atoms with van der Waals surface area (Å²) in [7, 11) is 0. The largest absolute Gasteiger partial charge is 0.486 e. The number of benzene rings is 1. The van der Waals surface area contributed by atoms with E-state index in [1.165, 1.54) is 30.7 Å². The number of pyridine rings is 1. The van der Waals surface area contributed by atoms with Gasteiger partial charge in [-0.05, 0) is 55.7 Å². The standard InChI is InChI=1S/C23H25ClFN3O2/c24-19-4-3-18(10-20(19)25)30-12-17(29)11-22-13-23(14-22,15-22)27-21-9-16(5-6-26-21)28-7-1-2-8-28/h3-6,9-10H,1-2,7-8,11-15H2,(H,26,27). The van der Waals surface area contributed by atoms with Gasteiger partial charge in [0.05, 0.1) is 5.02 Å². The third-order valence-corrected chi connectivity index (χ3v) is 6.92. The number of carbonyl (C=O) groups is 1. The van der Waals surface area contributed by atoms with E-state index in [0.29, 0.717) is 12.2 Å². The Morgan fingerprint density at radius 3 is 2.70 bits per heavy atom. The zero-order valence-corrected chi connectivity index (χ0v) is 17.6. The smallest absolute Gasteiger partial charge is 0.170 e. The molecule has 6 rings (SSSR count). The third-order valence-electron chi connectivity index (χ3n) is 6.61. The van der Waals surface area contributed by atoms with Crippen molar-refractivity contribution in [2.45, 2.75) is 44.1 Å². The van der Waals surface area contributed by atoms with Crippen LogP contribution < -0.4 is 15.0 Å². The highest BCUT2D eigenvalue weighted by Crippen LogP contribution is 2.70. The molecule has 7 heteroatoms. The van der Waals surface area contributed by atoms with Gasteiger partial charge >= 0.3 is 0 Å². The van der Waals surface area contributed by atoms with Crippen LogP contribution in [0, 0.1) is 11.2 Å². The lowest BCUT2D eigenvalue weighted by Gasteiger charge is -2.71. The zero-order chi connectivity index (χ0) is 20.8. The Kier molecular flexibility index (Phi) is 4.85. The highest BCUT2D eigenvalue weighted by molar-refractivity contribution is 6.30.